The molecule has 1 aliphatic rings. The highest BCUT2D eigenvalue weighted by Crippen LogP contribution is 2.39. The van der Waals surface area contributed by atoms with Crippen LogP contribution in [0.15, 0.2) is 60.9 Å². The van der Waals surface area contributed by atoms with E-state index in [2.05, 4.69) is 10.1 Å². The smallest absolute Gasteiger partial charge is 0.366 e. The van der Waals surface area contributed by atoms with Crippen LogP contribution in [0.5, 0.6) is 0 Å². The van der Waals surface area contributed by atoms with Crippen molar-refractivity contribution in [3.05, 3.63) is 83.3 Å². The highest BCUT2D eigenvalue weighted by Gasteiger charge is 2.40. The normalized spacial score (nSPS) is 15.6. The number of alkyl halides is 6. The molecule has 0 bridgehead atoms. The van der Waals surface area contributed by atoms with Crippen molar-refractivity contribution in [2.75, 3.05) is 13.1 Å². The van der Waals surface area contributed by atoms with E-state index in [0.29, 0.717) is 54.7 Å². The van der Waals surface area contributed by atoms with E-state index in [1.807, 2.05) is 0 Å². The molecule has 2 amide bonds. The van der Waals surface area contributed by atoms with Gasteiger partial charge in [0.1, 0.15) is 5.69 Å². The third-order valence-corrected chi connectivity index (χ3v) is 7.83. The summed E-state index contributed by atoms with van der Waals surface area (Å²) in [4.78, 5) is 30.2. The number of piperidine rings is 1. The first kappa shape index (κ1) is 30.1. The van der Waals surface area contributed by atoms with Crippen LogP contribution in [-0.2, 0) is 12.7 Å². The number of primary amides is 1. The summed E-state index contributed by atoms with van der Waals surface area (Å²) in [5, 5.41) is 4.67. The fraction of sp³-hybridized carbons (Fsp3) is 0.333. The predicted molar refractivity (Wildman–Crippen MR) is 146 cm³/mol. The number of rotatable bonds is 6. The molecule has 7 nitrogen and oxygen atoms in total. The van der Waals surface area contributed by atoms with Crippen molar-refractivity contribution in [1.29, 1.82) is 0 Å². The molecule has 226 valence electrons. The quantitative estimate of drug-likeness (QED) is 0.257. The van der Waals surface area contributed by atoms with Gasteiger partial charge in [0.05, 0.1) is 11.4 Å². The van der Waals surface area contributed by atoms with Gasteiger partial charge in [0.15, 0.2) is 0 Å². The lowest BCUT2D eigenvalue weighted by Gasteiger charge is -2.32. The van der Waals surface area contributed by atoms with Crippen molar-refractivity contribution < 1.29 is 35.9 Å². The number of pyridine rings is 1. The number of carbonyl (C=O) groups is 2. The monoisotopic (exact) mass is 603 g/mol. The van der Waals surface area contributed by atoms with Crippen molar-refractivity contribution in [2.24, 2.45) is 11.7 Å². The number of hydrogen-bond donors (Lipinski definition) is 1. The van der Waals surface area contributed by atoms with Crippen LogP contribution in [0.2, 0.25) is 0 Å². The first-order valence-corrected chi connectivity index (χ1v) is 13.5. The van der Waals surface area contributed by atoms with E-state index in [4.69, 9.17) is 5.73 Å². The number of halogens is 6. The Bertz CT molecular complexity index is 1640. The second-order valence-corrected chi connectivity index (χ2v) is 10.7. The summed E-state index contributed by atoms with van der Waals surface area (Å²) in [6.07, 6.45) is -5.14. The standard InChI is InChI=1S/C30H27F6N5O2/c1-17(29(31,32)33)26-22(27(37)42)7-8-24-23(26)16-41(39-24)15-18-10-12-40(13-11-18)28(43)20-4-2-19(3-5-20)21-6-9-25(38-14-21)30(34,35)36/h2-9,14,16-18H,10-13,15H2,1H3,(H2,37,42). The molecule has 1 atom stereocenters. The van der Waals surface area contributed by atoms with Crippen LogP contribution in [-0.4, -0.2) is 50.7 Å². The Labute approximate surface area is 242 Å². The molecule has 2 aromatic heterocycles. The van der Waals surface area contributed by atoms with Crippen molar-refractivity contribution in [3.8, 4) is 11.1 Å². The minimum Gasteiger partial charge on any atom is -0.366 e. The van der Waals surface area contributed by atoms with Crippen LogP contribution in [0.25, 0.3) is 22.0 Å². The second kappa shape index (κ2) is 11.3. The minimum atomic E-state index is -4.57. The fourth-order valence-corrected chi connectivity index (χ4v) is 5.41. The number of benzene rings is 2. The molecule has 2 N–H and O–H groups in total. The lowest BCUT2D eigenvalue weighted by molar-refractivity contribution is -0.146. The van der Waals surface area contributed by atoms with Crippen LogP contribution in [0.1, 0.15) is 57.7 Å². The molecule has 1 fully saturated rings. The molecule has 3 heterocycles. The van der Waals surface area contributed by atoms with Gasteiger partial charge in [0.25, 0.3) is 5.91 Å². The number of nitrogens with two attached hydrogens (primary N) is 1. The Balaban J connectivity index is 1.23. The summed E-state index contributed by atoms with van der Waals surface area (Å²) in [6, 6.07) is 11.6. The summed E-state index contributed by atoms with van der Waals surface area (Å²) in [7, 11) is 0. The summed E-state index contributed by atoms with van der Waals surface area (Å²) < 4.78 is 80.7. The number of likely N-dealkylation sites (tertiary alicyclic amines) is 1. The molecule has 4 aromatic rings. The molecule has 0 saturated carbocycles. The molecule has 0 radical (unpaired) electrons. The average Bonchev–Trinajstić information content (AvgIpc) is 3.38. The van der Waals surface area contributed by atoms with Crippen molar-refractivity contribution >= 4 is 22.7 Å². The lowest BCUT2D eigenvalue weighted by atomic mass is 9.91. The van der Waals surface area contributed by atoms with Gasteiger partial charge in [0.2, 0.25) is 5.91 Å². The number of aromatic nitrogens is 3. The molecule has 1 unspecified atom stereocenters. The van der Waals surface area contributed by atoms with Crippen LogP contribution >= 0.6 is 0 Å². The van der Waals surface area contributed by atoms with Gasteiger partial charge in [-0.25, -0.2) is 0 Å². The Morgan fingerprint density at radius 2 is 1.60 bits per heavy atom. The van der Waals surface area contributed by atoms with E-state index >= 15 is 0 Å². The zero-order valence-corrected chi connectivity index (χ0v) is 22.9. The first-order valence-electron chi connectivity index (χ1n) is 13.5. The van der Waals surface area contributed by atoms with Gasteiger partial charge in [-0.2, -0.15) is 31.4 Å². The van der Waals surface area contributed by atoms with Crippen LogP contribution in [0, 0.1) is 5.92 Å². The predicted octanol–water partition coefficient (Wildman–Crippen LogP) is 6.43. The molecule has 1 saturated heterocycles. The maximum absolute atomic E-state index is 13.6. The molecule has 5 rings (SSSR count). The van der Waals surface area contributed by atoms with E-state index in [1.54, 1.807) is 33.8 Å². The molecular weight excluding hydrogens is 576 g/mol. The Kier molecular flexibility index (Phi) is 7.93. The van der Waals surface area contributed by atoms with E-state index in [9.17, 15) is 35.9 Å². The van der Waals surface area contributed by atoms with Crippen molar-refractivity contribution in [1.82, 2.24) is 19.7 Å². The number of amides is 2. The number of nitrogens with zero attached hydrogens (tertiary/aromatic N) is 4. The number of carbonyl (C=O) groups excluding carboxylic acids is 2. The third kappa shape index (κ3) is 6.35. The van der Waals surface area contributed by atoms with Gasteiger partial charge < -0.3 is 10.6 Å². The molecule has 43 heavy (non-hydrogen) atoms. The fourth-order valence-electron chi connectivity index (χ4n) is 5.41. The largest absolute Gasteiger partial charge is 0.433 e. The Morgan fingerprint density at radius 3 is 2.16 bits per heavy atom. The molecule has 0 aliphatic carbocycles. The summed E-state index contributed by atoms with van der Waals surface area (Å²) in [5.41, 5.74) is 5.90. The highest BCUT2D eigenvalue weighted by atomic mass is 19.4. The number of fused-ring (bicyclic) bond motifs is 1. The summed E-state index contributed by atoms with van der Waals surface area (Å²) in [5.74, 6) is -2.91. The van der Waals surface area contributed by atoms with Crippen molar-refractivity contribution in [2.45, 2.75) is 44.6 Å². The molecule has 2 aromatic carbocycles. The van der Waals surface area contributed by atoms with Gasteiger partial charge in [0, 0.05) is 54.1 Å². The summed E-state index contributed by atoms with van der Waals surface area (Å²) in [6.45, 7) is 2.36. The minimum absolute atomic E-state index is 0.118. The zero-order valence-electron chi connectivity index (χ0n) is 22.9. The van der Waals surface area contributed by atoms with E-state index in [0.717, 1.165) is 19.2 Å². The Morgan fingerprint density at radius 1 is 0.953 bits per heavy atom. The first-order chi connectivity index (χ1) is 20.2. The number of hydrogen-bond acceptors (Lipinski definition) is 4. The van der Waals surface area contributed by atoms with Gasteiger partial charge in [-0.3, -0.25) is 19.3 Å². The van der Waals surface area contributed by atoms with Crippen molar-refractivity contribution in [3.63, 3.8) is 0 Å². The average molecular weight is 604 g/mol. The molecular formula is C30H27F6N5O2. The SMILES string of the molecule is CC(c1c(C(N)=O)ccc2nn(CC3CCN(C(=O)c4ccc(-c5ccc(C(F)(F)F)nc5)cc4)CC3)cc12)C(F)(F)F. The highest BCUT2D eigenvalue weighted by molar-refractivity contribution is 6.00. The molecule has 0 spiro atoms. The van der Waals surface area contributed by atoms with Crippen LogP contribution < -0.4 is 5.73 Å². The van der Waals surface area contributed by atoms with Gasteiger partial charge in [-0.15, -0.1) is 0 Å². The second-order valence-electron chi connectivity index (χ2n) is 10.7. The summed E-state index contributed by atoms with van der Waals surface area (Å²) >= 11 is 0. The maximum Gasteiger partial charge on any atom is 0.433 e. The molecule has 13 heteroatoms. The van der Waals surface area contributed by atoms with E-state index in [1.165, 1.54) is 24.4 Å². The lowest BCUT2D eigenvalue weighted by Crippen LogP contribution is -2.39. The topological polar surface area (TPSA) is 94.1 Å². The maximum atomic E-state index is 13.6. The van der Waals surface area contributed by atoms with Crippen LogP contribution in [0.3, 0.4) is 0 Å². The zero-order chi connectivity index (χ0) is 31.1. The third-order valence-electron chi connectivity index (χ3n) is 7.83. The van der Waals surface area contributed by atoms with E-state index in [-0.39, 0.29) is 28.3 Å². The van der Waals surface area contributed by atoms with E-state index < -0.39 is 29.9 Å². The van der Waals surface area contributed by atoms with Gasteiger partial charge in [-0.05, 0) is 67.1 Å². The van der Waals surface area contributed by atoms with Crippen LogP contribution in [0.4, 0.5) is 26.3 Å². The molecule has 1 aliphatic heterocycles. The van der Waals surface area contributed by atoms with Gasteiger partial charge in [-0.1, -0.05) is 18.2 Å². The van der Waals surface area contributed by atoms with Gasteiger partial charge >= 0.3 is 12.4 Å². The Hall–Kier alpha value is -4.42.